The van der Waals surface area contributed by atoms with Crippen LogP contribution < -0.4 is 4.90 Å². The standard InChI is InChI=1S/C17H23FN2O/c1-12(21)14-6-3-7-15(18)17(14)20-10-8-16-13(11-20)5-4-9-19(16)2/h3,6-7,13,16H,4-5,8-11H2,1-2H3. The van der Waals surface area contributed by atoms with E-state index in [1.54, 1.807) is 12.1 Å². The molecule has 0 saturated carbocycles. The van der Waals surface area contributed by atoms with Crippen molar-refractivity contribution in [1.29, 1.82) is 0 Å². The summed E-state index contributed by atoms with van der Waals surface area (Å²) in [4.78, 5) is 16.3. The van der Waals surface area contributed by atoms with E-state index in [1.165, 1.54) is 32.4 Å². The van der Waals surface area contributed by atoms with Crippen LogP contribution in [0.3, 0.4) is 0 Å². The SMILES string of the molecule is CC(=O)c1cccc(F)c1N1CCC2C(CCCN2C)C1. The predicted molar refractivity (Wildman–Crippen MR) is 82.4 cm³/mol. The van der Waals surface area contributed by atoms with Crippen LogP contribution in [-0.4, -0.2) is 43.4 Å². The first-order valence-corrected chi connectivity index (χ1v) is 7.82. The van der Waals surface area contributed by atoms with Crippen molar-refractivity contribution >= 4 is 11.5 Å². The van der Waals surface area contributed by atoms with E-state index in [0.717, 1.165) is 19.5 Å². The molecule has 0 radical (unpaired) electrons. The Balaban J connectivity index is 1.87. The number of nitrogens with zero attached hydrogens (tertiary/aromatic N) is 2. The number of carbonyl (C=O) groups excluding carboxylic acids is 1. The minimum absolute atomic E-state index is 0.0626. The number of hydrogen-bond donors (Lipinski definition) is 0. The lowest BCUT2D eigenvalue weighted by molar-refractivity contribution is 0.0999. The summed E-state index contributed by atoms with van der Waals surface area (Å²) in [6.07, 6.45) is 3.46. The molecule has 2 atom stereocenters. The van der Waals surface area contributed by atoms with Crippen LogP contribution in [-0.2, 0) is 0 Å². The minimum atomic E-state index is -0.273. The Kier molecular flexibility index (Phi) is 3.98. The molecule has 0 spiro atoms. The number of halogens is 1. The van der Waals surface area contributed by atoms with Crippen LogP contribution in [0.1, 0.15) is 36.5 Å². The molecule has 2 aliphatic rings. The fourth-order valence-corrected chi connectivity index (χ4v) is 3.98. The van der Waals surface area contributed by atoms with Crippen LogP contribution in [0.4, 0.5) is 10.1 Å². The smallest absolute Gasteiger partial charge is 0.161 e. The Bertz CT molecular complexity index is 546. The molecule has 2 unspecified atom stereocenters. The van der Waals surface area contributed by atoms with E-state index in [4.69, 9.17) is 0 Å². The highest BCUT2D eigenvalue weighted by molar-refractivity contribution is 5.99. The summed E-state index contributed by atoms with van der Waals surface area (Å²) in [6.45, 7) is 4.36. The summed E-state index contributed by atoms with van der Waals surface area (Å²) in [7, 11) is 2.19. The maximum atomic E-state index is 14.3. The van der Waals surface area contributed by atoms with E-state index >= 15 is 0 Å². The Labute approximate surface area is 125 Å². The molecule has 0 N–H and O–H groups in total. The number of Topliss-reactive ketones (excluding diaryl/α,β-unsaturated/α-hetero) is 1. The molecule has 21 heavy (non-hydrogen) atoms. The Morgan fingerprint density at radius 2 is 2.10 bits per heavy atom. The topological polar surface area (TPSA) is 23.6 Å². The van der Waals surface area contributed by atoms with Gasteiger partial charge >= 0.3 is 0 Å². The molecule has 2 saturated heterocycles. The number of piperidine rings is 2. The molecular weight excluding hydrogens is 267 g/mol. The Morgan fingerprint density at radius 3 is 2.86 bits per heavy atom. The zero-order chi connectivity index (χ0) is 15.0. The number of rotatable bonds is 2. The lowest BCUT2D eigenvalue weighted by Gasteiger charge is -2.47. The summed E-state index contributed by atoms with van der Waals surface area (Å²) in [5.74, 6) is 0.245. The highest BCUT2D eigenvalue weighted by atomic mass is 19.1. The average Bonchev–Trinajstić information content (AvgIpc) is 2.46. The Hall–Kier alpha value is -1.42. The van der Waals surface area contributed by atoms with Gasteiger partial charge in [0.05, 0.1) is 5.69 Å². The molecule has 0 amide bonds. The van der Waals surface area contributed by atoms with Crippen molar-refractivity contribution in [2.24, 2.45) is 5.92 Å². The number of benzene rings is 1. The third kappa shape index (κ3) is 2.69. The van der Waals surface area contributed by atoms with E-state index in [0.29, 0.717) is 23.2 Å². The number of fused-ring (bicyclic) bond motifs is 1. The average molecular weight is 290 g/mol. The van der Waals surface area contributed by atoms with Crippen molar-refractivity contribution in [3.63, 3.8) is 0 Å². The molecule has 1 aromatic rings. The van der Waals surface area contributed by atoms with Gasteiger partial charge < -0.3 is 9.80 Å². The molecule has 114 valence electrons. The maximum absolute atomic E-state index is 14.3. The Morgan fingerprint density at radius 1 is 1.29 bits per heavy atom. The van der Waals surface area contributed by atoms with Gasteiger partial charge in [-0.3, -0.25) is 4.79 Å². The van der Waals surface area contributed by atoms with Crippen LogP contribution >= 0.6 is 0 Å². The number of para-hydroxylation sites is 1. The van der Waals surface area contributed by atoms with Crippen LogP contribution in [0.15, 0.2) is 18.2 Å². The fraction of sp³-hybridized carbons (Fsp3) is 0.588. The monoisotopic (exact) mass is 290 g/mol. The lowest BCUT2D eigenvalue weighted by Crippen LogP contribution is -2.53. The third-order valence-corrected chi connectivity index (χ3v) is 5.03. The second kappa shape index (κ2) is 5.76. The first-order chi connectivity index (χ1) is 10.1. The first-order valence-electron chi connectivity index (χ1n) is 7.82. The van der Waals surface area contributed by atoms with Gasteiger partial charge in [0.1, 0.15) is 5.82 Å². The van der Waals surface area contributed by atoms with Gasteiger partial charge in [-0.05, 0) is 57.8 Å². The number of carbonyl (C=O) groups is 1. The highest BCUT2D eigenvalue weighted by Gasteiger charge is 2.35. The first kappa shape index (κ1) is 14.5. The van der Waals surface area contributed by atoms with Crippen molar-refractivity contribution < 1.29 is 9.18 Å². The third-order valence-electron chi connectivity index (χ3n) is 5.03. The zero-order valence-corrected chi connectivity index (χ0v) is 12.8. The van der Waals surface area contributed by atoms with Crippen molar-refractivity contribution in [3.8, 4) is 0 Å². The van der Waals surface area contributed by atoms with Crippen molar-refractivity contribution in [1.82, 2.24) is 4.90 Å². The van der Waals surface area contributed by atoms with Gasteiger partial charge in [0.15, 0.2) is 5.78 Å². The highest BCUT2D eigenvalue weighted by Crippen LogP contribution is 2.34. The molecule has 1 aromatic carbocycles. The molecule has 2 fully saturated rings. The molecule has 2 heterocycles. The number of likely N-dealkylation sites (tertiary alicyclic amines) is 1. The fourth-order valence-electron chi connectivity index (χ4n) is 3.98. The van der Waals surface area contributed by atoms with Crippen molar-refractivity contribution in [2.75, 3.05) is 31.6 Å². The summed E-state index contributed by atoms with van der Waals surface area (Å²) in [5.41, 5.74) is 1.02. The molecule has 3 rings (SSSR count). The van der Waals surface area contributed by atoms with E-state index in [9.17, 15) is 9.18 Å². The quantitative estimate of drug-likeness (QED) is 0.782. The van der Waals surface area contributed by atoms with Crippen molar-refractivity contribution in [2.45, 2.75) is 32.2 Å². The molecular formula is C17H23FN2O. The van der Waals surface area contributed by atoms with Gasteiger partial charge in [-0.25, -0.2) is 4.39 Å². The van der Waals surface area contributed by atoms with E-state index in [-0.39, 0.29) is 11.6 Å². The lowest BCUT2D eigenvalue weighted by atomic mass is 9.84. The van der Waals surface area contributed by atoms with Gasteiger partial charge in [0.2, 0.25) is 0 Å². The van der Waals surface area contributed by atoms with Gasteiger partial charge in [-0.1, -0.05) is 6.07 Å². The van der Waals surface area contributed by atoms with Crippen LogP contribution in [0.25, 0.3) is 0 Å². The normalized spacial score (nSPS) is 26.5. The van der Waals surface area contributed by atoms with E-state index in [1.807, 2.05) is 0 Å². The molecule has 0 bridgehead atoms. The summed E-state index contributed by atoms with van der Waals surface area (Å²) < 4.78 is 14.3. The van der Waals surface area contributed by atoms with Gasteiger partial charge in [-0.2, -0.15) is 0 Å². The van der Waals surface area contributed by atoms with E-state index < -0.39 is 0 Å². The van der Waals surface area contributed by atoms with E-state index in [2.05, 4.69) is 16.8 Å². The largest absolute Gasteiger partial charge is 0.368 e. The minimum Gasteiger partial charge on any atom is -0.368 e. The molecule has 0 aromatic heterocycles. The van der Waals surface area contributed by atoms with Gasteiger partial charge in [0, 0.05) is 24.7 Å². The number of ketones is 1. The van der Waals surface area contributed by atoms with Crippen LogP contribution in [0.2, 0.25) is 0 Å². The number of anilines is 1. The summed E-state index contributed by atoms with van der Waals surface area (Å²) in [5, 5.41) is 0. The maximum Gasteiger partial charge on any atom is 0.161 e. The zero-order valence-electron chi connectivity index (χ0n) is 12.8. The van der Waals surface area contributed by atoms with Crippen LogP contribution in [0.5, 0.6) is 0 Å². The van der Waals surface area contributed by atoms with Gasteiger partial charge in [0.25, 0.3) is 0 Å². The number of hydrogen-bond acceptors (Lipinski definition) is 3. The predicted octanol–water partition coefficient (Wildman–Crippen LogP) is 2.95. The molecule has 2 aliphatic heterocycles. The second-order valence-electron chi connectivity index (χ2n) is 6.38. The van der Waals surface area contributed by atoms with Crippen LogP contribution in [0, 0.1) is 11.7 Å². The molecule has 0 aliphatic carbocycles. The van der Waals surface area contributed by atoms with Gasteiger partial charge in [-0.15, -0.1) is 0 Å². The second-order valence-corrected chi connectivity index (χ2v) is 6.38. The molecule has 3 nitrogen and oxygen atoms in total. The summed E-state index contributed by atoms with van der Waals surface area (Å²) in [6, 6.07) is 5.43. The van der Waals surface area contributed by atoms with Crippen molar-refractivity contribution in [3.05, 3.63) is 29.6 Å². The molecule has 4 heteroatoms. The summed E-state index contributed by atoms with van der Waals surface area (Å²) >= 11 is 0.